The van der Waals surface area contributed by atoms with E-state index in [9.17, 15) is 9.18 Å². The summed E-state index contributed by atoms with van der Waals surface area (Å²) >= 11 is 0. The number of carbonyl (C=O) groups is 1. The third kappa shape index (κ3) is 1.88. The van der Waals surface area contributed by atoms with Crippen molar-refractivity contribution in [3.8, 4) is 11.3 Å². The van der Waals surface area contributed by atoms with Crippen LogP contribution in [-0.2, 0) is 0 Å². The maximum absolute atomic E-state index is 13.3. The van der Waals surface area contributed by atoms with Gasteiger partial charge >= 0.3 is 0 Å². The number of carbonyl (C=O) groups excluding carboxylic acids is 1. The lowest BCUT2D eigenvalue weighted by Crippen LogP contribution is -1.90. The molecular formula is C11H7FN2O. The Labute approximate surface area is 85.6 Å². The predicted octanol–water partition coefficient (Wildman–Crippen LogP) is 2.10. The average molecular weight is 202 g/mol. The van der Waals surface area contributed by atoms with E-state index in [0.717, 1.165) is 0 Å². The molecule has 0 N–H and O–H groups in total. The molecule has 1 aromatic heterocycles. The van der Waals surface area contributed by atoms with Crippen molar-refractivity contribution in [1.29, 1.82) is 0 Å². The zero-order valence-electron chi connectivity index (χ0n) is 7.72. The topological polar surface area (TPSA) is 42.9 Å². The van der Waals surface area contributed by atoms with Crippen molar-refractivity contribution >= 4 is 6.29 Å². The molecule has 0 saturated heterocycles. The van der Waals surface area contributed by atoms with Crippen LogP contribution in [0, 0.1) is 5.82 Å². The van der Waals surface area contributed by atoms with Gasteiger partial charge in [0, 0.05) is 18.0 Å². The fourth-order valence-corrected chi connectivity index (χ4v) is 1.23. The van der Waals surface area contributed by atoms with Gasteiger partial charge in [-0.3, -0.25) is 14.8 Å². The molecule has 0 aliphatic carbocycles. The highest BCUT2D eigenvalue weighted by atomic mass is 19.1. The summed E-state index contributed by atoms with van der Waals surface area (Å²) in [5, 5.41) is 0. The lowest BCUT2D eigenvalue weighted by atomic mass is 10.1. The van der Waals surface area contributed by atoms with Gasteiger partial charge in [-0.2, -0.15) is 0 Å². The number of hydrogen-bond donors (Lipinski definition) is 0. The molecule has 4 heteroatoms. The molecule has 0 spiro atoms. The van der Waals surface area contributed by atoms with Gasteiger partial charge in [-0.25, -0.2) is 4.39 Å². The zero-order chi connectivity index (χ0) is 10.7. The highest BCUT2D eigenvalue weighted by Crippen LogP contribution is 2.18. The highest BCUT2D eigenvalue weighted by molar-refractivity contribution is 5.76. The van der Waals surface area contributed by atoms with Crippen molar-refractivity contribution in [2.24, 2.45) is 0 Å². The molecule has 0 aliphatic heterocycles. The zero-order valence-corrected chi connectivity index (χ0v) is 7.72. The molecule has 0 saturated carbocycles. The van der Waals surface area contributed by atoms with Crippen LogP contribution < -0.4 is 0 Å². The predicted molar refractivity (Wildman–Crippen MR) is 52.8 cm³/mol. The molecule has 1 heterocycles. The van der Waals surface area contributed by atoms with Gasteiger partial charge in [0.15, 0.2) is 6.29 Å². The van der Waals surface area contributed by atoms with Crippen LogP contribution in [-0.4, -0.2) is 16.3 Å². The van der Waals surface area contributed by atoms with Gasteiger partial charge in [-0.15, -0.1) is 0 Å². The van der Waals surface area contributed by atoms with Crippen molar-refractivity contribution < 1.29 is 9.18 Å². The summed E-state index contributed by atoms with van der Waals surface area (Å²) in [6.45, 7) is 0. The molecule has 3 nitrogen and oxygen atoms in total. The summed E-state index contributed by atoms with van der Waals surface area (Å²) < 4.78 is 13.3. The van der Waals surface area contributed by atoms with Gasteiger partial charge in [0.25, 0.3) is 0 Å². The van der Waals surface area contributed by atoms with Crippen molar-refractivity contribution in [1.82, 2.24) is 9.97 Å². The minimum atomic E-state index is -0.548. The van der Waals surface area contributed by atoms with E-state index in [-0.39, 0.29) is 5.56 Å². The first-order valence-corrected chi connectivity index (χ1v) is 4.32. The van der Waals surface area contributed by atoms with Crippen LogP contribution in [0.15, 0.2) is 36.8 Å². The van der Waals surface area contributed by atoms with Crippen LogP contribution >= 0.6 is 0 Å². The number of nitrogens with zero attached hydrogens (tertiary/aromatic N) is 2. The molecule has 0 fully saturated rings. The summed E-state index contributed by atoms with van der Waals surface area (Å²) in [4.78, 5) is 18.3. The fraction of sp³-hybridized carbons (Fsp3) is 0. The number of hydrogen-bond acceptors (Lipinski definition) is 3. The molecule has 1 aromatic carbocycles. The molecule has 74 valence electrons. The Morgan fingerprint density at radius 2 is 2.13 bits per heavy atom. The van der Waals surface area contributed by atoms with E-state index in [1.54, 1.807) is 12.3 Å². The van der Waals surface area contributed by atoms with Gasteiger partial charge < -0.3 is 0 Å². The average Bonchev–Trinajstić information content (AvgIpc) is 2.30. The van der Waals surface area contributed by atoms with Gasteiger partial charge in [-0.05, 0) is 12.1 Å². The first kappa shape index (κ1) is 9.45. The van der Waals surface area contributed by atoms with E-state index in [2.05, 4.69) is 9.97 Å². The Balaban J connectivity index is 2.47. The Hall–Kier alpha value is -2.10. The number of aromatic nitrogens is 2. The third-order valence-corrected chi connectivity index (χ3v) is 1.99. The summed E-state index contributed by atoms with van der Waals surface area (Å²) in [7, 11) is 0. The van der Waals surface area contributed by atoms with Crippen molar-refractivity contribution in [3.05, 3.63) is 48.2 Å². The lowest BCUT2D eigenvalue weighted by Gasteiger charge is -2.00. The minimum Gasteiger partial charge on any atom is -0.298 e. The first-order valence-electron chi connectivity index (χ1n) is 4.32. The molecular weight excluding hydrogens is 195 g/mol. The second kappa shape index (κ2) is 3.96. The Bertz CT molecular complexity index is 485. The van der Waals surface area contributed by atoms with E-state index in [1.807, 2.05) is 0 Å². The maximum Gasteiger partial charge on any atom is 0.152 e. The van der Waals surface area contributed by atoms with E-state index in [0.29, 0.717) is 17.5 Å². The lowest BCUT2D eigenvalue weighted by molar-refractivity contribution is 0.112. The minimum absolute atomic E-state index is 0.0441. The van der Waals surface area contributed by atoms with Crippen molar-refractivity contribution in [2.45, 2.75) is 0 Å². The maximum atomic E-state index is 13.3. The SMILES string of the molecule is O=Cc1ccc(-c2cnccn2)cc1F. The molecule has 2 rings (SSSR count). The van der Waals surface area contributed by atoms with Crippen LogP contribution in [0.2, 0.25) is 0 Å². The quantitative estimate of drug-likeness (QED) is 0.700. The van der Waals surface area contributed by atoms with E-state index >= 15 is 0 Å². The molecule has 2 aromatic rings. The molecule has 0 bridgehead atoms. The first-order chi connectivity index (χ1) is 7.31. The van der Waals surface area contributed by atoms with Crippen LogP contribution in [0.3, 0.4) is 0 Å². The van der Waals surface area contributed by atoms with E-state index in [4.69, 9.17) is 0 Å². The molecule has 0 atom stereocenters. The molecule has 0 radical (unpaired) electrons. The largest absolute Gasteiger partial charge is 0.298 e. The summed E-state index contributed by atoms with van der Waals surface area (Å²) in [5.41, 5.74) is 1.22. The number of aldehydes is 1. The Morgan fingerprint density at radius 3 is 2.73 bits per heavy atom. The fourth-order valence-electron chi connectivity index (χ4n) is 1.23. The van der Waals surface area contributed by atoms with Gasteiger partial charge in [0.05, 0.1) is 17.5 Å². The number of halogens is 1. The second-order valence-corrected chi connectivity index (χ2v) is 2.94. The van der Waals surface area contributed by atoms with Gasteiger partial charge in [0.2, 0.25) is 0 Å². The van der Waals surface area contributed by atoms with E-state index in [1.165, 1.54) is 24.5 Å². The van der Waals surface area contributed by atoms with Gasteiger partial charge in [0.1, 0.15) is 5.82 Å². The number of benzene rings is 1. The summed E-state index contributed by atoms with van der Waals surface area (Å²) in [5.74, 6) is -0.548. The Morgan fingerprint density at radius 1 is 1.27 bits per heavy atom. The summed E-state index contributed by atoms with van der Waals surface area (Å²) in [6.07, 6.45) is 5.09. The van der Waals surface area contributed by atoms with E-state index < -0.39 is 5.82 Å². The standard InChI is InChI=1S/C11H7FN2O/c12-10-5-8(1-2-9(10)7-15)11-6-13-3-4-14-11/h1-7H. The molecule has 0 amide bonds. The summed E-state index contributed by atoms with van der Waals surface area (Å²) in [6, 6.07) is 4.33. The highest BCUT2D eigenvalue weighted by Gasteiger charge is 2.04. The molecule has 0 unspecified atom stereocenters. The smallest absolute Gasteiger partial charge is 0.152 e. The van der Waals surface area contributed by atoms with Crippen molar-refractivity contribution in [2.75, 3.05) is 0 Å². The molecule has 15 heavy (non-hydrogen) atoms. The van der Waals surface area contributed by atoms with Crippen molar-refractivity contribution in [3.63, 3.8) is 0 Å². The number of rotatable bonds is 2. The second-order valence-electron chi connectivity index (χ2n) is 2.94. The van der Waals surface area contributed by atoms with Crippen LogP contribution in [0.4, 0.5) is 4.39 Å². The normalized spacial score (nSPS) is 9.93. The van der Waals surface area contributed by atoms with Crippen LogP contribution in [0.25, 0.3) is 11.3 Å². The van der Waals surface area contributed by atoms with Crippen LogP contribution in [0.5, 0.6) is 0 Å². The molecule has 0 aliphatic rings. The Kier molecular flexibility index (Phi) is 2.49. The van der Waals surface area contributed by atoms with Crippen LogP contribution in [0.1, 0.15) is 10.4 Å². The van der Waals surface area contributed by atoms with Gasteiger partial charge in [-0.1, -0.05) is 6.07 Å². The third-order valence-electron chi connectivity index (χ3n) is 1.99. The monoisotopic (exact) mass is 202 g/mol.